The van der Waals surface area contributed by atoms with E-state index in [0.717, 1.165) is 19.3 Å². The van der Waals surface area contributed by atoms with Crippen LogP contribution >= 0.6 is 0 Å². The fourth-order valence-corrected chi connectivity index (χ4v) is 2.32. The third kappa shape index (κ3) is 3.63. The molecule has 0 saturated carbocycles. The molecule has 1 aliphatic rings. The Bertz CT molecular complexity index is 487. The molecule has 0 aromatic heterocycles. The van der Waals surface area contributed by atoms with Crippen LogP contribution in [0.1, 0.15) is 36.5 Å². The average Bonchev–Trinajstić information content (AvgIpc) is 2.89. The minimum Gasteiger partial charge on any atom is -0.508 e. The van der Waals surface area contributed by atoms with Gasteiger partial charge in [0.2, 0.25) is 0 Å². The molecule has 0 bridgehead atoms. The van der Waals surface area contributed by atoms with E-state index in [0.29, 0.717) is 12.0 Å². The number of aryl methyl sites for hydroxylation is 2. The van der Waals surface area contributed by atoms with E-state index in [9.17, 15) is 15.0 Å². The van der Waals surface area contributed by atoms with E-state index in [2.05, 4.69) is 5.32 Å². The highest BCUT2D eigenvalue weighted by atomic mass is 16.5. The van der Waals surface area contributed by atoms with E-state index < -0.39 is 12.2 Å². The number of nitrogens with one attached hydrogen (secondary N) is 1. The largest absolute Gasteiger partial charge is 0.508 e. The van der Waals surface area contributed by atoms with Crippen molar-refractivity contribution in [2.45, 2.75) is 45.3 Å². The number of carbonyl (C=O) groups is 1. The molecule has 20 heavy (non-hydrogen) atoms. The molecule has 0 unspecified atom stereocenters. The van der Waals surface area contributed by atoms with E-state index in [1.165, 1.54) is 11.1 Å². The van der Waals surface area contributed by atoms with Gasteiger partial charge in [0.05, 0.1) is 6.10 Å². The number of ether oxygens (including phenoxy) is 1. The molecule has 5 nitrogen and oxygen atoms in total. The lowest BCUT2D eigenvalue weighted by atomic mass is 10.1. The zero-order valence-corrected chi connectivity index (χ0v) is 11.7. The van der Waals surface area contributed by atoms with Crippen LogP contribution in [0.3, 0.4) is 0 Å². The van der Waals surface area contributed by atoms with Crippen molar-refractivity contribution in [2.75, 3.05) is 6.54 Å². The Morgan fingerprint density at radius 2 is 2.10 bits per heavy atom. The van der Waals surface area contributed by atoms with Crippen LogP contribution in [0, 0.1) is 0 Å². The molecule has 0 heterocycles. The van der Waals surface area contributed by atoms with Gasteiger partial charge in [-0.1, -0.05) is 6.92 Å². The molecule has 0 fully saturated rings. The zero-order valence-electron chi connectivity index (χ0n) is 11.7. The first-order valence-corrected chi connectivity index (χ1v) is 7.02. The Labute approximate surface area is 118 Å². The lowest BCUT2D eigenvalue weighted by Crippen LogP contribution is -2.32. The van der Waals surface area contributed by atoms with Crippen molar-refractivity contribution in [1.29, 1.82) is 0 Å². The van der Waals surface area contributed by atoms with Crippen molar-refractivity contribution in [2.24, 2.45) is 0 Å². The third-order valence-corrected chi connectivity index (χ3v) is 3.61. The molecular weight excluding hydrogens is 258 g/mol. The van der Waals surface area contributed by atoms with Gasteiger partial charge in [-0.15, -0.1) is 0 Å². The van der Waals surface area contributed by atoms with Crippen molar-refractivity contribution in [3.8, 4) is 5.75 Å². The quantitative estimate of drug-likeness (QED) is 0.769. The summed E-state index contributed by atoms with van der Waals surface area (Å²) in [5.41, 5.74) is 3.03. The fourth-order valence-electron chi connectivity index (χ4n) is 2.32. The molecule has 1 amide bonds. The van der Waals surface area contributed by atoms with E-state index >= 15 is 0 Å². The Morgan fingerprint density at radius 3 is 2.80 bits per heavy atom. The van der Waals surface area contributed by atoms with Crippen LogP contribution in [0.2, 0.25) is 0 Å². The number of phenols is 1. The number of rotatable bonds is 5. The molecule has 0 spiro atoms. The van der Waals surface area contributed by atoms with Gasteiger partial charge < -0.3 is 20.3 Å². The third-order valence-electron chi connectivity index (χ3n) is 3.61. The van der Waals surface area contributed by atoms with E-state index in [1.807, 2.05) is 13.0 Å². The number of aromatic hydroxyl groups is 1. The summed E-state index contributed by atoms with van der Waals surface area (Å²) in [5, 5.41) is 21.7. The second kappa shape index (κ2) is 6.61. The fraction of sp³-hybridized carbons (Fsp3) is 0.533. The summed E-state index contributed by atoms with van der Waals surface area (Å²) in [5.74, 6) is 0.173. The topological polar surface area (TPSA) is 78.8 Å². The van der Waals surface area contributed by atoms with Crippen LogP contribution in [0.5, 0.6) is 5.75 Å². The summed E-state index contributed by atoms with van der Waals surface area (Å²) in [4.78, 5) is 11.5. The van der Waals surface area contributed by atoms with Gasteiger partial charge in [0, 0.05) is 12.1 Å². The Balaban J connectivity index is 1.86. The molecule has 0 radical (unpaired) electrons. The van der Waals surface area contributed by atoms with Gasteiger partial charge in [-0.25, -0.2) is 4.79 Å². The number of hydrogen-bond acceptors (Lipinski definition) is 4. The standard InChI is InChI=1S/C15H21NO4/c1-2-13(17)8-16-15(19)20-9-12-6-10-4-3-5-11(10)7-14(12)18/h6-7,13,17-18H,2-5,8-9H2,1H3,(H,16,19)/t13-/m0/s1. The first-order chi connectivity index (χ1) is 9.60. The predicted octanol–water partition coefficient (Wildman–Crippen LogP) is 1.88. The summed E-state index contributed by atoms with van der Waals surface area (Å²) >= 11 is 0. The molecule has 0 aliphatic heterocycles. The average molecular weight is 279 g/mol. The van der Waals surface area contributed by atoms with Gasteiger partial charge in [0.1, 0.15) is 12.4 Å². The van der Waals surface area contributed by atoms with E-state index in [4.69, 9.17) is 4.74 Å². The van der Waals surface area contributed by atoms with Crippen molar-refractivity contribution < 1.29 is 19.7 Å². The van der Waals surface area contributed by atoms with Crippen LogP contribution in [0.15, 0.2) is 12.1 Å². The van der Waals surface area contributed by atoms with Gasteiger partial charge >= 0.3 is 6.09 Å². The SMILES string of the molecule is CC[C@H](O)CNC(=O)OCc1cc2c(cc1O)CCC2. The second-order valence-electron chi connectivity index (χ2n) is 5.12. The van der Waals surface area contributed by atoms with Gasteiger partial charge in [-0.05, 0) is 48.9 Å². The number of alkyl carbamates (subject to hydrolysis) is 1. The first kappa shape index (κ1) is 14.7. The number of carbonyl (C=O) groups excluding carboxylic acids is 1. The van der Waals surface area contributed by atoms with Crippen LogP contribution in [-0.2, 0) is 24.2 Å². The number of phenolic OH excluding ortho intramolecular Hbond substituents is 1. The highest BCUT2D eigenvalue weighted by Gasteiger charge is 2.15. The highest BCUT2D eigenvalue weighted by molar-refractivity contribution is 5.67. The maximum atomic E-state index is 11.5. The molecule has 0 saturated heterocycles. The summed E-state index contributed by atoms with van der Waals surface area (Å²) in [6.07, 6.45) is 2.55. The van der Waals surface area contributed by atoms with Gasteiger partial charge in [-0.2, -0.15) is 0 Å². The maximum absolute atomic E-state index is 11.5. The smallest absolute Gasteiger partial charge is 0.407 e. The number of hydrogen-bond donors (Lipinski definition) is 3. The zero-order chi connectivity index (χ0) is 14.5. The molecule has 1 aliphatic carbocycles. The monoisotopic (exact) mass is 279 g/mol. The summed E-state index contributed by atoms with van der Waals surface area (Å²) in [6.45, 7) is 2.04. The van der Waals surface area contributed by atoms with Gasteiger partial charge in [0.15, 0.2) is 0 Å². The molecule has 1 aromatic carbocycles. The van der Waals surface area contributed by atoms with Crippen molar-refractivity contribution in [3.63, 3.8) is 0 Å². The molecule has 5 heteroatoms. The van der Waals surface area contributed by atoms with Crippen LogP contribution in [-0.4, -0.2) is 29.0 Å². The van der Waals surface area contributed by atoms with Crippen molar-refractivity contribution in [1.82, 2.24) is 5.32 Å². The minimum absolute atomic E-state index is 0.0349. The minimum atomic E-state index is -0.586. The summed E-state index contributed by atoms with van der Waals surface area (Å²) in [6, 6.07) is 3.67. The second-order valence-corrected chi connectivity index (χ2v) is 5.12. The van der Waals surface area contributed by atoms with Gasteiger partial charge in [0.25, 0.3) is 0 Å². The molecule has 1 aromatic rings. The Hall–Kier alpha value is -1.75. The number of aliphatic hydroxyl groups excluding tert-OH is 1. The maximum Gasteiger partial charge on any atom is 0.407 e. The molecule has 110 valence electrons. The van der Waals surface area contributed by atoms with E-state index in [-0.39, 0.29) is 18.9 Å². The lowest BCUT2D eigenvalue weighted by Gasteiger charge is -2.11. The highest BCUT2D eigenvalue weighted by Crippen LogP contribution is 2.29. The summed E-state index contributed by atoms with van der Waals surface area (Å²) < 4.78 is 5.04. The van der Waals surface area contributed by atoms with Crippen LogP contribution in [0.25, 0.3) is 0 Å². The molecular formula is C15H21NO4. The van der Waals surface area contributed by atoms with Crippen molar-refractivity contribution in [3.05, 3.63) is 28.8 Å². The molecule has 3 N–H and O–H groups in total. The number of benzene rings is 1. The molecule has 2 rings (SSSR count). The summed E-state index contributed by atoms with van der Waals surface area (Å²) in [7, 11) is 0. The number of fused-ring (bicyclic) bond motifs is 1. The van der Waals surface area contributed by atoms with Crippen molar-refractivity contribution >= 4 is 6.09 Å². The number of aliphatic hydroxyl groups is 1. The first-order valence-electron chi connectivity index (χ1n) is 7.02. The lowest BCUT2D eigenvalue weighted by molar-refractivity contribution is 0.124. The Kier molecular flexibility index (Phi) is 4.84. The predicted molar refractivity (Wildman–Crippen MR) is 74.6 cm³/mol. The van der Waals surface area contributed by atoms with Crippen LogP contribution < -0.4 is 5.32 Å². The van der Waals surface area contributed by atoms with Gasteiger partial charge in [-0.3, -0.25) is 0 Å². The molecule has 1 atom stereocenters. The Morgan fingerprint density at radius 1 is 1.40 bits per heavy atom. The normalized spacial score (nSPS) is 14.7. The number of amides is 1. The van der Waals surface area contributed by atoms with E-state index in [1.54, 1.807) is 6.07 Å². The van der Waals surface area contributed by atoms with Crippen LogP contribution in [0.4, 0.5) is 4.79 Å².